The van der Waals surface area contributed by atoms with Crippen LogP contribution < -0.4 is 5.09 Å². The van der Waals surface area contributed by atoms with Crippen LogP contribution in [0.15, 0.2) is 24.3 Å². The molecule has 14 heavy (non-hydrogen) atoms. The zero-order valence-electron chi connectivity index (χ0n) is 8.30. The second-order valence-electron chi connectivity index (χ2n) is 3.36. The van der Waals surface area contributed by atoms with Crippen LogP contribution in [0.25, 0.3) is 0 Å². The van der Waals surface area contributed by atoms with Gasteiger partial charge in [-0.05, 0) is 0 Å². The molecule has 0 spiro atoms. The average molecular weight is 213 g/mol. The van der Waals surface area contributed by atoms with Gasteiger partial charge in [0.25, 0.3) is 0 Å². The molecule has 0 saturated carbocycles. The van der Waals surface area contributed by atoms with E-state index in [-0.39, 0.29) is 5.69 Å². The third kappa shape index (κ3) is 3.40. The van der Waals surface area contributed by atoms with Gasteiger partial charge in [-0.1, -0.05) is 0 Å². The molecule has 0 heterocycles. The van der Waals surface area contributed by atoms with Crippen molar-refractivity contribution in [3.8, 4) is 0 Å². The Morgan fingerprint density at radius 1 is 1.36 bits per heavy atom. The molecule has 0 atom stereocenters. The van der Waals surface area contributed by atoms with Gasteiger partial charge >= 0.3 is 83.6 Å². The molecule has 1 aromatic rings. The van der Waals surface area contributed by atoms with Gasteiger partial charge in [-0.3, -0.25) is 0 Å². The molecule has 4 nitrogen and oxygen atoms in total. The van der Waals surface area contributed by atoms with Crippen LogP contribution in [0.2, 0.25) is 0 Å². The fraction of sp³-hybridized carbons (Fsp3) is 0.333. The third-order valence-corrected chi connectivity index (χ3v) is 2.70. The van der Waals surface area contributed by atoms with Crippen molar-refractivity contribution >= 4 is 13.8 Å². The summed E-state index contributed by atoms with van der Waals surface area (Å²) in [6, 6.07) is 6.57. The molecule has 0 amide bonds. The third-order valence-electron chi connectivity index (χ3n) is 1.79. The van der Waals surface area contributed by atoms with Crippen molar-refractivity contribution in [1.82, 2.24) is 5.09 Å². The zero-order chi connectivity index (χ0) is 10.6. The fourth-order valence-corrected chi connectivity index (χ4v) is 1.59. The number of hydrogen-bond acceptors (Lipinski definition) is 2. The van der Waals surface area contributed by atoms with Crippen LogP contribution in [0, 0.1) is 10.1 Å². The Labute approximate surface area is 84.3 Å². The Hall–Kier alpha value is -0.990. The van der Waals surface area contributed by atoms with Crippen LogP contribution in [0.1, 0.15) is 5.56 Å². The van der Waals surface area contributed by atoms with E-state index in [4.69, 9.17) is 0 Å². The van der Waals surface area contributed by atoms with Crippen LogP contribution in [-0.4, -0.2) is 18.3 Å². The van der Waals surface area contributed by atoms with Crippen LogP contribution in [0.4, 0.5) is 5.69 Å². The summed E-state index contributed by atoms with van der Waals surface area (Å²) in [4.78, 5) is 9.98. The zero-order valence-corrected chi connectivity index (χ0v) is 9.46. The van der Waals surface area contributed by atoms with Gasteiger partial charge in [0.1, 0.15) is 0 Å². The first-order chi connectivity index (χ1) is 6.59. The van der Waals surface area contributed by atoms with Crippen LogP contribution in [0.5, 0.6) is 0 Å². The molecular formula is C9H14N2O2P. The molecule has 0 aliphatic heterocycles. The second kappa shape index (κ2) is 5.03. The number of rotatable bonds is 4. The van der Waals surface area contributed by atoms with Gasteiger partial charge in [0.2, 0.25) is 0 Å². The fourth-order valence-electron chi connectivity index (χ4n) is 1.01. The summed E-state index contributed by atoms with van der Waals surface area (Å²) in [5.41, 5.74) is 1.17. The van der Waals surface area contributed by atoms with E-state index in [2.05, 4.69) is 18.4 Å². The van der Waals surface area contributed by atoms with E-state index < -0.39 is 13.0 Å². The topological polar surface area (TPSA) is 57.2 Å². The standard InChI is InChI=1S/C9H14N2O2P/c1-14(2)10-7-8-3-5-9(6-4-8)11(12)13/h3-6H,7,14H2,1-2H3. The second-order valence-corrected chi connectivity index (χ2v) is 5.91. The predicted molar refractivity (Wildman–Crippen MR) is 60.5 cm³/mol. The number of benzene rings is 1. The van der Waals surface area contributed by atoms with Gasteiger partial charge in [-0.15, -0.1) is 0 Å². The maximum atomic E-state index is 10.4. The van der Waals surface area contributed by atoms with E-state index in [1.54, 1.807) is 12.1 Å². The first-order valence-electron chi connectivity index (χ1n) is 4.49. The number of nitrogens with zero attached hydrogens (tertiary/aromatic N) is 2. The molecule has 0 unspecified atom stereocenters. The molecule has 5 heteroatoms. The molecule has 1 aromatic carbocycles. The first-order valence-corrected chi connectivity index (χ1v) is 7.32. The summed E-state index contributed by atoms with van der Waals surface area (Å²) < 4.78 is 0. The van der Waals surface area contributed by atoms with Crippen molar-refractivity contribution < 1.29 is 4.92 Å². The quantitative estimate of drug-likeness (QED) is 0.435. The maximum absolute atomic E-state index is 10.4. The molecule has 77 valence electrons. The predicted octanol–water partition coefficient (Wildman–Crippen LogP) is 1.82. The summed E-state index contributed by atoms with van der Waals surface area (Å²) in [6.45, 7) is 4.97. The molecule has 0 aliphatic rings. The monoisotopic (exact) mass is 213 g/mol. The SMILES string of the molecule is C[PH2](C)[N]Cc1ccc([N+](=O)[O-])cc1. The molecular weight excluding hydrogens is 199 g/mol. The summed E-state index contributed by atoms with van der Waals surface area (Å²) in [5.74, 6) is 0. The molecule has 1 rings (SSSR count). The van der Waals surface area contributed by atoms with Gasteiger partial charge in [-0.25, -0.2) is 0 Å². The molecule has 0 fully saturated rings. The van der Waals surface area contributed by atoms with E-state index in [1.165, 1.54) is 12.1 Å². The minimum atomic E-state index is -0.881. The summed E-state index contributed by atoms with van der Waals surface area (Å²) >= 11 is 0. The van der Waals surface area contributed by atoms with Crippen molar-refractivity contribution in [2.45, 2.75) is 6.54 Å². The number of hydrogen-bond donors (Lipinski definition) is 0. The van der Waals surface area contributed by atoms with Gasteiger partial charge in [-0.2, -0.15) is 0 Å². The van der Waals surface area contributed by atoms with Gasteiger partial charge in [0.15, 0.2) is 0 Å². The number of nitro groups is 1. The molecule has 0 saturated heterocycles. The van der Waals surface area contributed by atoms with Crippen molar-refractivity contribution in [1.29, 1.82) is 0 Å². The summed E-state index contributed by atoms with van der Waals surface area (Å²) in [7, 11) is -0.881. The van der Waals surface area contributed by atoms with E-state index >= 15 is 0 Å². The Bertz CT molecular complexity index is 311. The Balaban J connectivity index is 2.60. The normalized spacial score (nSPS) is 11.1. The van der Waals surface area contributed by atoms with Crippen LogP contribution in [-0.2, 0) is 6.54 Å². The molecule has 0 aliphatic carbocycles. The summed E-state index contributed by atoms with van der Waals surface area (Å²) in [6.07, 6.45) is 0. The number of non-ortho nitro benzene ring substituents is 1. The van der Waals surface area contributed by atoms with Gasteiger partial charge in [0.05, 0.1) is 0 Å². The van der Waals surface area contributed by atoms with Gasteiger partial charge < -0.3 is 0 Å². The first kappa shape index (κ1) is 11.1. The molecule has 0 N–H and O–H groups in total. The molecule has 1 radical (unpaired) electrons. The molecule has 0 bridgehead atoms. The van der Waals surface area contributed by atoms with Crippen molar-refractivity contribution in [3.63, 3.8) is 0 Å². The Morgan fingerprint density at radius 2 is 1.93 bits per heavy atom. The Kier molecular flexibility index (Phi) is 3.98. The Morgan fingerprint density at radius 3 is 2.36 bits per heavy atom. The summed E-state index contributed by atoms with van der Waals surface area (Å²) in [5, 5.41) is 14.8. The van der Waals surface area contributed by atoms with E-state index in [1.807, 2.05) is 0 Å². The van der Waals surface area contributed by atoms with E-state index in [0.29, 0.717) is 6.54 Å². The number of nitro benzene ring substituents is 1. The van der Waals surface area contributed by atoms with E-state index in [0.717, 1.165) is 5.56 Å². The van der Waals surface area contributed by atoms with Crippen molar-refractivity contribution in [3.05, 3.63) is 39.9 Å². The minimum absolute atomic E-state index is 0.135. The van der Waals surface area contributed by atoms with E-state index in [9.17, 15) is 10.1 Å². The molecule has 0 aromatic heterocycles. The van der Waals surface area contributed by atoms with Crippen molar-refractivity contribution in [2.24, 2.45) is 0 Å². The van der Waals surface area contributed by atoms with Crippen LogP contribution >= 0.6 is 8.07 Å². The van der Waals surface area contributed by atoms with Gasteiger partial charge in [0, 0.05) is 0 Å². The average Bonchev–Trinajstić information content (AvgIpc) is 2.15. The van der Waals surface area contributed by atoms with Crippen molar-refractivity contribution in [2.75, 3.05) is 13.3 Å². The van der Waals surface area contributed by atoms with Crippen LogP contribution in [0.3, 0.4) is 0 Å².